The van der Waals surface area contributed by atoms with E-state index < -0.39 is 21.5 Å². The van der Waals surface area contributed by atoms with Crippen LogP contribution >= 0.6 is 0 Å². The first kappa shape index (κ1) is 20.4. The predicted molar refractivity (Wildman–Crippen MR) is 97.2 cm³/mol. The van der Waals surface area contributed by atoms with Crippen molar-refractivity contribution in [3.8, 4) is 0 Å². The molecule has 1 amide bonds. The number of benzene rings is 1. The molecule has 0 bridgehead atoms. The summed E-state index contributed by atoms with van der Waals surface area (Å²) < 4.78 is 32.2. The van der Waals surface area contributed by atoms with E-state index in [0.29, 0.717) is 0 Å². The second-order valence-corrected chi connectivity index (χ2v) is 9.19. The number of esters is 1. The highest BCUT2D eigenvalue weighted by Gasteiger charge is 2.23. The minimum Gasteiger partial charge on any atom is -0.452 e. The van der Waals surface area contributed by atoms with Gasteiger partial charge >= 0.3 is 5.97 Å². The number of carbonyl (C=O) groups excluding carboxylic acids is 2. The number of sulfonamides is 1. The molecule has 0 saturated heterocycles. The molecule has 1 aliphatic rings. The third-order valence-electron chi connectivity index (χ3n) is 3.88. The second-order valence-electron chi connectivity index (χ2n) is 7.51. The van der Waals surface area contributed by atoms with Crippen LogP contribution in [-0.2, 0) is 19.6 Å². The molecule has 8 heteroatoms. The maximum Gasteiger partial charge on any atom is 0.338 e. The van der Waals surface area contributed by atoms with Gasteiger partial charge in [0.25, 0.3) is 5.91 Å². The number of hydrogen-bond acceptors (Lipinski definition) is 5. The summed E-state index contributed by atoms with van der Waals surface area (Å²) in [7, 11) is -3.76. The fraction of sp³-hybridized carbons (Fsp3) is 0.556. The molecule has 1 aliphatic carbocycles. The second kappa shape index (κ2) is 8.18. The van der Waals surface area contributed by atoms with E-state index in [9.17, 15) is 18.0 Å². The summed E-state index contributed by atoms with van der Waals surface area (Å²) in [5.41, 5.74) is -0.566. The van der Waals surface area contributed by atoms with Crippen LogP contribution in [0.3, 0.4) is 0 Å². The van der Waals surface area contributed by atoms with E-state index in [0.717, 1.165) is 25.7 Å². The van der Waals surface area contributed by atoms with Gasteiger partial charge in [-0.1, -0.05) is 18.9 Å². The number of carbonyl (C=O) groups is 2. The lowest BCUT2D eigenvalue weighted by atomic mass is 10.1. The molecule has 1 aromatic carbocycles. The maximum atomic E-state index is 12.4. The number of ether oxygens (including phenoxy) is 1. The van der Waals surface area contributed by atoms with E-state index in [2.05, 4.69) is 10.0 Å². The Bertz CT molecular complexity index is 762. The van der Waals surface area contributed by atoms with Gasteiger partial charge in [-0.25, -0.2) is 17.9 Å². The highest BCUT2D eigenvalue weighted by molar-refractivity contribution is 7.89. The molecular weight excluding hydrogens is 356 g/mol. The molecule has 144 valence electrons. The van der Waals surface area contributed by atoms with E-state index in [1.165, 1.54) is 24.3 Å². The minimum absolute atomic E-state index is 0.0303. The van der Waals surface area contributed by atoms with Gasteiger partial charge in [0.05, 0.1) is 10.5 Å². The van der Waals surface area contributed by atoms with Gasteiger partial charge in [0.2, 0.25) is 10.0 Å². The lowest BCUT2D eigenvalue weighted by Crippen LogP contribution is -2.40. The van der Waals surface area contributed by atoms with Crippen molar-refractivity contribution in [1.29, 1.82) is 0 Å². The number of amides is 1. The zero-order chi connectivity index (χ0) is 19.4. The lowest BCUT2D eigenvalue weighted by Gasteiger charge is -2.20. The van der Waals surface area contributed by atoms with Crippen molar-refractivity contribution in [2.75, 3.05) is 6.61 Å². The Kier molecular flexibility index (Phi) is 6.41. The molecule has 0 aliphatic heterocycles. The summed E-state index contributed by atoms with van der Waals surface area (Å²) in [6.45, 7) is 4.80. The zero-order valence-electron chi connectivity index (χ0n) is 15.4. The van der Waals surface area contributed by atoms with Crippen molar-refractivity contribution in [3.63, 3.8) is 0 Å². The predicted octanol–water partition coefficient (Wildman–Crippen LogP) is 1.98. The summed E-state index contributed by atoms with van der Waals surface area (Å²) in [5, 5.41) is 2.83. The number of hydrogen-bond donors (Lipinski definition) is 2. The van der Waals surface area contributed by atoms with Crippen LogP contribution in [0.4, 0.5) is 0 Å². The molecule has 0 spiro atoms. The summed E-state index contributed by atoms with van der Waals surface area (Å²) in [4.78, 5) is 23.9. The molecule has 1 saturated carbocycles. The third-order valence-corrected chi connectivity index (χ3v) is 5.63. The molecule has 2 rings (SSSR count). The summed E-state index contributed by atoms with van der Waals surface area (Å²) in [6, 6.07) is 5.71. The average Bonchev–Trinajstić information content (AvgIpc) is 3.03. The van der Waals surface area contributed by atoms with Crippen LogP contribution in [0.1, 0.15) is 56.8 Å². The van der Waals surface area contributed by atoms with Crippen molar-refractivity contribution in [2.45, 2.75) is 62.9 Å². The van der Waals surface area contributed by atoms with Crippen LogP contribution in [0, 0.1) is 0 Å². The van der Waals surface area contributed by atoms with Crippen molar-refractivity contribution in [3.05, 3.63) is 29.8 Å². The van der Waals surface area contributed by atoms with Crippen molar-refractivity contribution in [1.82, 2.24) is 10.0 Å². The monoisotopic (exact) mass is 382 g/mol. The van der Waals surface area contributed by atoms with Crippen molar-refractivity contribution >= 4 is 21.9 Å². The van der Waals surface area contributed by atoms with Crippen LogP contribution in [0.25, 0.3) is 0 Å². The van der Waals surface area contributed by atoms with Gasteiger partial charge in [-0.2, -0.15) is 0 Å². The standard InChI is InChI=1S/C18H26N2O5S/c1-18(2,3)20-26(23,24)15-10-6-7-13(11-15)17(22)25-12-16(21)19-14-8-4-5-9-14/h6-7,10-11,14,20H,4-5,8-9,12H2,1-3H3,(H,19,21). The zero-order valence-corrected chi connectivity index (χ0v) is 16.2. The quantitative estimate of drug-likeness (QED) is 0.733. The first-order valence-electron chi connectivity index (χ1n) is 8.67. The highest BCUT2D eigenvalue weighted by atomic mass is 32.2. The average molecular weight is 382 g/mol. The Labute approximate surface area is 154 Å². The molecule has 0 radical (unpaired) electrons. The first-order valence-corrected chi connectivity index (χ1v) is 10.2. The molecule has 0 unspecified atom stereocenters. The Balaban J connectivity index is 1.98. The van der Waals surface area contributed by atoms with Crippen LogP contribution < -0.4 is 10.0 Å². The molecule has 0 atom stereocenters. The van der Waals surface area contributed by atoms with E-state index in [1.54, 1.807) is 20.8 Å². The van der Waals surface area contributed by atoms with Crippen molar-refractivity contribution in [2.24, 2.45) is 0 Å². The smallest absolute Gasteiger partial charge is 0.338 e. The summed E-state index contributed by atoms with van der Waals surface area (Å²) in [5.74, 6) is -1.08. The topological polar surface area (TPSA) is 102 Å². The SMILES string of the molecule is CC(C)(C)NS(=O)(=O)c1cccc(C(=O)OCC(=O)NC2CCCC2)c1. The van der Waals surface area contributed by atoms with Gasteiger partial charge in [-0.05, 0) is 51.8 Å². The van der Waals surface area contributed by atoms with E-state index in [1.807, 2.05) is 0 Å². The van der Waals surface area contributed by atoms with E-state index in [4.69, 9.17) is 4.74 Å². The van der Waals surface area contributed by atoms with Gasteiger partial charge < -0.3 is 10.1 Å². The Hall–Kier alpha value is -1.93. The number of rotatable bonds is 6. The number of nitrogens with one attached hydrogen (secondary N) is 2. The van der Waals surface area contributed by atoms with Gasteiger partial charge in [0, 0.05) is 11.6 Å². The molecule has 1 aromatic rings. The van der Waals surface area contributed by atoms with Crippen LogP contribution in [0.2, 0.25) is 0 Å². The van der Waals surface area contributed by atoms with Crippen LogP contribution in [-0.4, -0.2) is 38.5 Å². The van der Waals surface area contributed by atoms with Gasteiger partial charge in [0.1, 0.15) is 0 Å². The minimum atomic E-state index is -3.76. The van der Waals surface area contributed by atoms with E-state index in [-0.39, 0.29) is 29.0 Å². The molecule has 1 fully saturated rings. The normalized spacial score (nSPS) is 15.7. The van der Waals surface area contributed by atoms with Crippen LogP contribution in [0.15, 0.2) is 29.2 Å². The molecule has 0 aromatic heterocycles. The Morgan fingerprint density at radius 3 is 2.46 bits per heavy atom. The summed E-state index contributed by atoms with van der Waals surface area (Å²) >= 11 is 0. The fourth-order valence-corrected chi connectivity index (χ4v) is 4.27. The van der Waals surface area contributed by atoms with E-state index >= 15 is 0 Å². The lowest BCUT2D eigenvalue weighted by molar-refractivity contribution is -0.124. The Morgan fingerprint density at radius 2 is 1.85 bits per heavy atom. The van der Waals surface area contributed by atoms with Gasteiger partial charge in [-0.3, -0.25) is 4.79 Å². The Morgan fingerprint density at radius 1 is 1.19 bits per heavy atom. The summed E-state index contributed by atoms with van der Waals surface area (Å²) in [6.07, 6.45) is 4.07. The molecule has 26 heavy (non-hydrogen) atoms. The molecular formula is C18H26N2O5S. The highest BCUT2D eigenvalue weighted by Crippen LogP contribution is 2.18. The van der Waals surface area contributed by atoms with Crippen LogP contribution in [0.5, 0.6) is 0 Å². The molecule has 7 nitrogen and oxygen atoms in total. The molecule has 0 heterocycles. The van der Waals surface area contributed by atoms with Gasteiger partial charge in [0.15, 0.2) is 6.61 Å². The first-order chi connectivity index (χ1) is 12.1. The van der Waals surface area contributed by atoms with Crippen molar-refractivity contribution < 1.29 is 22.7 Å². The maximum absolute atomic E-state index is 12.4. The largest absolute Gasteiger partial charge is 0.452 e. The van der Waals surface area contributed by atoms with Gasteiger partial charge in [-0.15, -0.1) is 0 Å². The fourth-order valence-electron chi connectivity index (χ4n) is 2.81. The third kappa shape index (κ3) is 6.10. The molecule has 2 N–H and O–H groups in total.